The standard InChI is InChI=1S/C22H18O5S/c1-25-16-7-5-15(6-8-16)22(24)27-21-14-17(26-2)9-11-19(21)20(23)12-10-18-4-3-13-28-18/h3-14H,1-2H3. The molecule has 2 aromatic carbocycles. The molecule has 0 saturated carbocycles. The summed E-state index contributed by atoms with van der Waals surface area (Å²) < 4.78 is 15.8. The first-order valence-electron chi connectivity index (χ1n) is 8.41. The van der Waals surface area contributed by atoms with Gasteiger partial charge in [-0.1, -0.05) is 6.07 Å². The summed E-state index contributed by atoms with van der Waals surface area (Å²) in [6.45, 7) is 0. The molecule has 142 valence electrons. The van der Waals surface area contributed by atoms with E-state index in [1.165, 1.54) is 30.6 Å². The molecule has 0 radical (unpaired) electrons. The summed E-state index contributed by atoms with van der Waals surface area (Å²) in [5.41, 5.74) is 0.617. The van der Waals surface area contributed by atoms with Gasteiger partial charge in [-0.3, -0.25) is 4.79 Å². The first-order chi connectivity index (χ1) is 13.6. The topological polar surface area (TPSA) is 61.8 Å². The molecule has 0 unspecified atom stereocenters. The first kappa shape index (κ1) is 19.4. The summed E-state index contributed by atoms with van der Waals surface area (Å²) in [4.78, 5) is 26.1. The lowest BCUT2D eigenvalue weighted by Crippen LogP contribution is -2.11. The Kier molecular flexibility index (Phi) is 6.24. The molecule has 0 aliphatic rings. The molecule has 0 atom stereocenters. The van der Waals surface area contributed by atoms with Crippen LogP contribution in [-0.4, -0.2) is 26.0 Å². The molecule has 0 bridgehead atoms. The number of hydrogen-bond acceptors (Lipinski definition) is 6. The molecule has 28 heavy (non-hydrogen) atoms. The van der Waals surface area contributed by atoms with Crippen molar-refractivity contribution in [2.75, 3.05) is 14.2 Å². The lowest BCUT2D eigenvalue weighted by molar-refractivity contribution is 0.0733. The fraction of sp³-hybridized carbons (Fsp3) is 0.0909. The summed E-state index contributed by atoms with van der Waals surface area (Å²) in [5, 5.41) is 1.93. The number of benzene rings is 2. The third-order valence-electron chi connectivity index (χ3n) is 3.92. The second-order valence-electron chi connectivity index (χ2n) is 5.69. The van der Waals surface area contributed by atoms with Crippen molar-refractivity contribution in [2.45, 2.75) is 0 Å². The minimum atomic E-state index is -0.577. The van der Waals surface area contributed by atoms with Gasteiger partial charge in [0.1, 0.15) is 17.2 Å². The van der Waals surface area contributed by atoms with Gasteiger partial charge in [-0.25, -0.2) is 4.79 Å². The van der Waals surface area contributed by atoms with Crippen LogP contribution in [0.5, 0.6) is 17.2 Å². The molecule has 3 aromatic rings. The number of methoxy groups -OCH3 is 2. The van der Waals surface area contributed by atoms with Crippen LogP contribution >= 0.6 is 11.3 Å². The number of hydrogen-bond donors (Lipinski definition) is 0. The number of esters is 1. The minimum absolute atomic E-state index is 0.140. The number of rotatable bonds is 7. The maximum absolute atomic E-state index is 12.6. The van der Waals surface area contributed by atoms with Crippen LogP contribution in [0, 0.1) is 0 Å². The van der Waals surface area contributed by atoms with Gasteiger partial charge in [0, 0.05) is 10.9 Å². The van der Waals surface area contributed by atoms with E-state index in [4.69, 9.17) is 14.2 Å². The maximum atomic E-state index is 12.6. The number of carbonyl (C=O) groups excluding carboxylic acids is 2. The van der Waals surface area contributed by atoms with Gasteiger partial charge < -0.3 is 14.2 Å². The summed E-state index contributed by atoms with van der Waals surface area (Å²) >= 11 is 1.53. The zero-order valence-electron chi connectivity index (χ0n) is 15.4. The van der Waals surface area contributed by atoms with Gasteiger partial charge in [0.25, 0.3) is 0 Å². The zero-order chi connectivity index (χ0) is 19.9. The largest absolute Gasteiger partial charge is 0.497 e. The highest BCUT2D eigenvalue weighted by Crippen LogP contribution is 2.27. The average molecular weight is 394 g/mol. The van der Waals surface area contributed by atoms with Crippen molar-refractivity contribution >= 4 is 29.2 Å². The Labute approximate surface area is 166 Å². The molecule has 3 rings (SSSR count). The second kappa shape index (κ2) is 9.01. The highest BCUT2D eigenvalue weighted by molar-refractivity contribution is 7.10. The Morgan fingerprint density at radius 2 is 1.64 bits per heavy atom. The van der Waals surface area contributed by atoms with Crippen molar-refractivity contribution in [3.63, 3.8) is 0 Å². The van der Waals surface area contributed by atoms with E-state index in [9.17, 15) is 9.59 Å². The van der Waals surface area contributed by atoms with Gasteiger partial charge in [0.15, 0.2) is 5.78 Å². The van der Waals surface area contributed by atoms with Crippen LogP contribution < -0.4 is 14.2 Å². The van der Waals surface area contributed by atoms with E-state index in [2.05, 4.69) is 0 Å². The van der Waals surface area contributed by atoms with Crippen LogP contribution in [0.4, 0.5) is 0 Å². The van der Waals surface area contributed by atoms with Crippen molar-refractivity contribution in [1.29, 1.82) is 0 Å². The summed E-state index contributed by atoms with van der Waals surface area (Å²) in [6.07, 6.45) is 3.19. The SMILES string of the molecule is COc1ccc(C(=O)Oc2cc(OC)ccc2C(=O)C=Cc2cccs2)cc1. The Morgan fingerprint density at radius 1 is 0.929 bits per heavy atom. The molecule has 6 heteroatoms. The van der Waals surface area contributed by atoms with Gasteiger partial charge in [0.05, 0.1) is 25.3 Å². The van der Waals surface area contributed by atoms with Crippen LogP contribution in [0.15, 0.2) is 66.1 Å². The average Bonchev–Trinajstić information content (AvgIpc) is 3.25. The van der Waals surface area contributed by atoms with Crippen LogP contribution in [0.1, 0.15) is 25.6 Å². The quantitative estimate of drug-likeness (QED) is 0.247. The molecule has 1 heterocycles. The predicted octanol–water partition coefficient (Wildman–Crippen LogP) is 4.88. The summed E-state index contributed by atoms with van der Waals surface area (Å²) in [6, 6.07) is 15.1. The molecule has 1 aromatic heterocycles. The molecular weight excluding hydrogens is 376 g/mol. The fourth-order valence-electron chi connectivity index (χ4n) is 2.44. The third-order valence-corrected chi connectivity index (χ3v) is 4.76. The first-order valence-corrected chi connectivity index (χ1v) is 9.29. The van der Waals surface area contributed by atoms with Gasteiger partial charge >= 0.3 is 5.97 Å². The number of ether oxygens (including phenoxy) is 3. The summed E-state index contributed by atoms with van der Waals surface area (Å²) in [7, 11) is 3.05. The minimum Gasteiger partial charge on any atom is -0.497 e. The van der Waals surface area contributed by atoms with Crippen molar-refractivity contribution in [1.82, 2.24) is 0 Å². The van der Waals surface area contributed by atoms with Crippen LogP contribution in [0.2, 0.25) is 0 Å². The molecular formula is C22H18O5S. The molecule has 0 aliphatic heterocycles. The smallest absolute Gasteiger partial charge is 0.343 e. The molecule has 0 amide bonds. The number of allylic oxidation sites excluding steroid dienone is 1. The lowest BCUT2D eigenvalue weighted by Gasteiger charge is -2.10. The second-order valence-corrected chi connectivity index (χ2v) is 6.67. The Balaban J connectivity index is 1.85. The normalized spacial score (nSPS) is 10.6. The molecule has 0 aliphatic carbocycles. The number of ketones is 1. The molecule has 5 nitrogen and oxygen atoms in total. The van der Waals surface area contributed by atoms with Crippen LogP contribution in [-0.2, 0) is 0 Å². The number of thiophene rings is 1. The molecule has 0 saturated heterocycles. The van der Waals surface area contributed by atoms with Gasteiger partial charge in [-0.2, -0.15) is 0 Å². The monoisotopic (exact) mass is 394 g/mol. The van der Waals surface area contributed by atoms with E-state index >= 15 is 0 Å². The Bertz CT molecular complexity index is 988. The molecule has 0 N–H and O–H groups in total. The van der Waals surface area contributed by atoms with Crippen molar-refractivity contribution < 1.29 is 23.8 Å². The Morgan fingerprint density at radius 3 is 2.29 bits per heavy atom. The lowest BCUT2D eigenvalue weighted by atomic mass is 10.1. The molecule has 0 spiro atoms. The summed E-state index contributed by atoms with van der Waals surface area (Å²) in [5.74, 6) is 0.408. The fourth-order valence-corrected chi connectivity index (χ4v) is 3.06. The Hall–Kier alpha value is -3.38. The van der Waals surface area contributed by atoms with Gasteiger partial charge in [-0.05, 0) is 60.0 Å². The van der Waals surface area contributed by atoms with Crippen molar-refractivity contribution in [3.8, 4) is 17.2 Å². The third kappa shape index (κ3) is 4.66. The van der Waals surface area contributed by atoms with E-state index in [0.717, 1.165) is 4.88 Å². The van der Waals surface area contributed by atoms with Crippen molar-refractivity contribution in [2.24, 2.45) is 0 Å². The molecule has 0 fully saturated rings. The van der Waals surface area contributed by atoms with Gasteiger partial charge in [-0.15, -0.1) is 11.3 Å². The van der Waals surface area contributed by atoms with E-state index in [1.54, 1.807) is 49.6 Å². The van der Waals surface area contributed by atoms with E-state index < -0.39 is 5.97 Å². The highest BCUT2D eigenvalue weighted by atomic mass is 32.1. The van der Waals surface area contributed by atoms with Gasteiger partial charge in [0.2, 0.25) is 0 Å². The van der Waals surface area contributed by atoms with Crippen LogP contribution in [0.25, 0.3) is 6.08 Å². The van der Waals surface area contributed by atoms with Crippen molar-refractivity contribution in [3.05, 3.63) is 82.1 Å². The zero-order valence-corrected chi connectivity index (χ0v) is 16.2. The highest BCUT2D eigenvalue weighted by Gasteiger charge is 2.16. The number of carbonyl (C=O) groups is 2. The van der Waals surface area contributed by atoms with E-state index in [1.807, 2.05) is 17.5 Å². The van der Waals surface area contributed by atoms with E-state index in [-0.39, 0.29) is 17.1 Å². The predicted molar refractivity (Wildman–Crippen MR) is 109 cm³/mol. The van der Waals surface area contributed by atoms with E-state index in [0.29, 0.717) is 17.1 Å². The van der Waals surface area contributed by atoms with Crippen LogP contribution in [0.3, 0.4) is 0 Å². The maximum Gasteiger partial charge on any atom is 0.343 e.